The fraction of sp³-hybridized carbons (Fsp3) is 0.250. The zero-order chi connectivity index (χ0) is 30.4. The van der Waals surface area contributed by atoms with Crippen LogP contribution in [0, 0.1) is 5.82 Å². The molecule has 220 valence electrons. The summed E-state index contributed by atoms with van der Waals surface area (Å²) in [7, 11) is -7.87. The zero-order valence-corrected chi connectivity index (χ0v) is 24.4. The van der Waals surface area contributed by atoms with Crippen molar-refractivity contribution in [3.8, 4) is 22.9 Å². The Hall–Kier alpha value is -4.14. The van der Waals surface area contributed by atoms with E-state index in [1.165, 1.54) is 18.7 Å². The van der Waals surface area contributed by atoms with Gasteiger partial charge in [-0.25, -0.2) is 21.2 Å². The Morgan fingerprint density at radius 2 is 1.74 bits per heavy atom. The van der Waals surface area contributed by atoms with Crippen LogP contribution in [-0.4, -0.2) is 50.9 Å². The van der Waals surface area contributed by atoms with E-state index in [0.29, 0.717) is 17.1 Å². The summed E-state index contributed by atoms with van der Waals surface area (Å²) in [6.07, 6.45) is 0.998. The van der Waals surface area contributed by atoms with Crippen LogP contribution in [0.4, 0.5) is 10.1 Å². The lowest BCUT2D eigenvalue weighted by Crippen LogP contribution is -2.45. The molecule has 2 N–H and O–H groups in total. The lowest BCUT2D eigenvalue weighted by Gasteiger charge is -2.24. The lowest BCUT2D eigenvalue weighted by atomic mass is 10.1. The zero-order valence-electron chi connectivity index (χ0n) is 22.8. The molecule has 1 aliphatic rings. The van der Waals surface area contributed by atoms with Crippen LogP contribution in [-0.2, 0) is 35.8 Å². The number of carbonyl (C=O) groups is 1. The molecule has 42 heavy (non-hydrogen) atoms. The van der Waals surface area contributed by atoms with E-state index < -0.39 is 52.8 Å². The number of hydrogen-bond donors (Lipinski definition) is 1. The molecule has 2 heterocycles. The minimum atomic E-state index is -4.18. The van der Waals surface area contributed by atoms with Crippen molar-refractivity contribution in [3.63, 3.8) is 0 Å². The van der Waals surface area contributed by atoms with Crippen LogP contribution in [0.25, 0.3) is 11.4 Å². The summed E-state index contributed by atoms with van der Waals surface area (Å²) in [5, 5.41) is 3.74. The summed E-state index contributed by atoms with van der Waals surface area (Å²) in [5.74, 6) is -1.83. The van der Waals surface area contributed by atoms with Crippen LogP contribution in [0.3, 0.4) is 0 Å². The molecule has 0 saturated carbocycles. The molecule has 1 amide bonds. The summed E-state index contributed by atoms with van der Waals surface area (Å²) >= 11 is 0. The molecular weight excluding hydrogens is 587 g/mol. The van der Waals surface area contributed by atoms with E-state index in [-0.39, 0.29) is 29.5 Å². The number of carbonyl (C=O) groups excluding carboxylic acids is 1. The van der Waals surface area contributed by atoms with Gasteiger partial charge in [-0.3, -0.25) is 4.79 Å². The van der Waals surface area contributed by atoms with Gasteiger partial charge in [0.15, 0.2) is 19.7 Å². The highest BCUT2D eigenvalue weighted by Gasteiger charge is 2.40. The van der Waals surface area contributed by atoms with E-state index in [1.54, 1.807) is 36.4 Å². The van der Waals surface area contributed by atoms with E-state index >= 15 is 4.39 Å². The van der Waals surface area contributed by atoms with Gasteiger partial charge < -0.3 is 19.9 Å². The summed E-state index contributed by atoms with van der Waals surface area (Å²) in [6.45, 7) is 2.62. The maximum atomic E-state index is 15.4. The fourth-order valence-electron chi connectivity index (χ4n) is 4.26. The van der Waals surface area contributed by atoms with Gasteiger partial charge in [-0.15, -0.1) is 0 Å². The number of fused-ring (bicyclic) bond motifs is 1. The van der Waals surface area contributed by atoms with Gasteiger partial charge in [-0.2, -0.15) is 4.98 Å². The van der Waals surface area contributed by atoms with Gasteiger partial charge in [-0.05, 0) is 55.8 Å². The molecule has 0 bridgehead atoms. The quantitative estimate of drug-likeness (QED) is 0.325. The minimum absolute atomic E-state index is 0.0929. The van der Waals surface area contributed by atoms with Gasteiger partial charge in [0.05, 0.1) is 34.5 Å². The average Bonchev–Trinajstić information content (AvgIpc) is 3.41. The minimum Gasteiger partial charge on any atom is -0.457 e. The predicted molar refractivity (Wildman–Crippen MR) is 152 cm³/mol. The van der Waals surface area contributed by atoms with Crippen molar-refractivity contribution in [2.24, 2.45) is 5.73 Å². The molecule has 0 unspecified atom stereocenters. The third-order valence-corrected chi connectivity index (χ3v) is 10.8. The van der Waals surface area contributed by atoms with Crippen LogP contribution in [0.2, 0.25) is 0 Å². The Morgan fingerprint density at radius 1 is 1.10 bits per heavy atom. The van der Waals surface area contributed by atoms with Crippen molar-refractivity contribution in [2.75, 3.05) is 16.9 Å². The molecule has 0 aliphatic carbocycles. The third-order valence-electron chi connectivity index (χ3n) is 7.01. The molecule has 0 saturated heterocycles. The molecule has 5 rings (SSSR count). The Bertz CT molecular complexity index is 1870. The van der Waals surface area contributed by atoms with Gasteiger partial charge in [0.1, 0.15) is 22.1 Å². The second kappa shape index (κ2) is 10.6. The van der Waals surface area contributed by atoms with Crippen LogP contribution in [0.5, 0.6) is 11.5 Å². The lowest BCUT2D eigenvalue weighted by molar-refractivity contribution is -0.119. The number of sulfone groups is 2. The van der Waals surface area contributed by atoms with Crippen molar-refractivity contribution in [1.29, 1.82) is 0 Å². The van der Waals surface area contributed by atoms with E-state index in [4.69, 9.17) is 15.0 Å². The molecule has 1 atom stereocenters. The standard InChI is InChI=1S/C28H27FN4O7S2/c1-28(2,41(3,35)36)27-31-25(32-40-27)20-13-23-24(14-21(20)29)42(37,38)16-22(30)26(34)33(23)15-17-9-11-19(12-10-17)39-18-7-5-4-6-8-18/h4-14,22H,15-16,30H2,1-3H3/t22-/m0/s1. The van der Waals surface area contributed by atoms with Gasteiger partial charge in [0.25, 0.3) is 0 Å². The largest absolute Gasteiger partial charge is 0.457 e. The number of nitrogens with zero attached hydrogens (tertiary/aromatic N) is 3. The maximum absolute atomic E-state index is 15.4. The number of nitrogens with two attached hydrogens (primary N) is 1. The number of benzene rings is 3. The molecule has 4 aromatic rings. The van der Waals surface area contributed by atoms with E-state index in [9.17, 15) is 21.6 Å². The van der Waals surface area contributed by atoms with E-state index in [2.05, 4.69) is 10.1 Å². The molecular formula is C28H27FN4O7S2. The summed E-state index contributed by atoms with van der Waals surface area (Å²) in [6, 6.07) is 16.5. The molecule has 0 radical (unpaired) electrons. The number of para-hydroxylation sites is 1. The topological polar surface area (TPSA) is 163 Å². The van der Waals surface area contributed by atoms with Crippen molar-refractivity contribution < 1.29 is 35.3 Å². The van der Waals surface area contributed by atoms with E-state index in [0.717, 1.165) is 18.4 Å². The van der Waals surface area contributed by atoms with Crippen LogP contribution >= 0.6 is 0 Å². The normalized spacial score (nSPS) is 17.0. The number of aromatic nitrogens is 2. The maximum Gasteiger partial charge on any atom is 0.247 e. The molecule has 14 heteroatoms. The highest BCUT2D eigenvalue weighted by atomic mass is 32.2. The Morgan fingerprint density at radius 3 is 2.38 bits per heavy atom. The molecule has 0 spiro atoms. The van der Waals surface area contributed by atoms with Crippen molar-refractivity contribution in [2.45, 2.75) is 36.1 Å². The fourth-order valence-corrected chi connectivity index (χ4v) is 6.23. The first-order chi connectivity index (χ1) is 19.7. The van der Waals surface area contributed by atoms with Gasteiger partial charge in [0.2, 0.25) is 17.6 Å². The Balaban J connectivity index is 1.55. The van der Waals surface area contributed by atoms with Gasteiger partial charge >= 0.3 is 0 Å². The van der Waals surface area contributed by atoms with Crippen molar-refractivity contribution in [1.82, 2.24) is 10.1 Å². The number of halogens is 1. The number of rotatable bonds is 7. The third kappa shape index (κ3) is 5.52. The molecule has 1 aliphatic heterocycles. The SMILES string of the molecule is CC(C)(c1nc(-c2cc3c(cc2F)S(=O)(=O)C[C@H](N)C(=O)N3Cc2ccc(Oc3ccccc3)cc2)no1)S(C)(=O)=O. The van der Waals surface area contributed by atoms with Crippen LogP contribution in [0.1, 0.15) is 25.3 Å². The average molecular weight is 615 g/mol. The first-order valence-corrected chi connectivity index (χ1v) is 16.2. The second-order valence-corrected chi connectivity index (χ2v) is 14.9. The highest BCUT2D eigenvalue weighted by Crippen LogP contribution is 2.37. The van der Waals surface area contributed by atoms with Crippen molar-refractivity contribution in [3.05, 3.63) is 84.0 Å². The van der Waals surface area contributed by atoms with Crippen molar-refractivity contribution >= 4 is 31.3 Å². The van der Waals surface area contributed by atoms with Crippen LogP contribution < -0.4 is 15.4 Å². The van der Waals surface area contributed by atoms with E-state index in [1.807, 2.05) is 18.2 Å². The highest BCUT2D eigenvalue weighted by molar-refractivity contribution is 7.92. The van der Waals surface area contributed by atoms with Gasteiger partial charge in [-0.1, -0.05) is 35.5 Å². The summed E-state index contributed by atoms with van der Waals surface area (Å²) < 4.78 is 75.6. The molecule has 11 nitrogen and oxygen atoms in total. The Labute approximate surface area is 241 Å². The number of amides is 1. The monoisotopic (exact) mass is 614 g/mol. The van der Waals surface area contributed by atoms with Crippen LogP contribution in [0.15, 0.2) is 76.1 Å². The summed E-state index contributed by atoms with van der Waals surface area (Å²) in [5.41, 5.74) is 6.19. The molecule has 3 aromatic carbocycles. The number of hydrogen-bond acceptors (Lipinski definition) is 10. The number of anilines is 1. The molecule has 1 aromatic heterocycles. The van der Waals surface area contributed by atoms with Gasteiger partial charge in [0, 0.05) is 6.26 Å². The smallest absolute Gasteiger partial charge is 0.247 e. The summed E-state index contributed by atoms with van der Waals surface area (Å²) in [4.78, 5) is 18.2. The second-order valence-electron chi connectivity index (χ2n) is 10.4. The predicted octanol–water partition coefficient (Wildman–Crippen LogP) is 3.60. The Kier molecular flexibility index (Phi) is 7.41. The molecule has 0 fully saturated rings. The first kappa shape index (κ1) is 29.4. The first-order valence-electron chi connectivity index (χ1n) is 12.7. The number of ether oxygens (including phenoxy) is 1.